The normalized spacial score (nSPS) is 14.7. The number of hydrogen-bond donors (Lipinski definition) is 3. The number of nitrogens with one attached hydrogen (secondary N) is 2. The molecule has 0 unspecified atom stereocenters. The fourth-order valence-electron chi connectivity index (χ4n) is 5.28. The Hall–Kier alpha value is -4.08. The Morgan fingerprint density at radius 2 is 1.43 bits per heavy atom. The minimum Gasteiger partial charge on any atom is -0.371 e. The van der Waals surface area contributed by atoms with Crippen molar-refractivity contribution in [2.45, 2.75) is 32.1 Å². The molecule has 0 saturated carbocycles. The number of aromatic amines is 2. The number of benzene rings is 3. The van der Waals surface area contributed by atoms with Gasteiger partial charge in [-0.1, -0.05) is 23.7 Å². The van der Waals surface area contributed by atoms with Crippen molar-refractivity contribution in [1.29, 1.82) is 0 Å². The smallest absolute Gasteiger partial charge is 0.258 e. The van der Waals surface area contributed by atoms with E-state index < -0.39 is 0 Å². The van der Waals surface area contributed by atoms with Crippen LogP contribution in [0.1, 0.15) is 30.1 Å². The average molecular weight is 561 g/mol. The van der Waals surface area contributed by atoms with Crippen LogP contribution in [-0.4, -0.2) is 39.6 Å². The zero-order valence-electron chi connectivity index (χ0n) is 22.3. The highest BCUT2D eigenvalue weighted by Gasteiger charge is 2.35. The van der Waals surface area contributed by atoms with E-state index in [-0.39, 0.29) is 22.4 Å². The molecule has 3 heterocycles. The Morgan fingerprint density at radius 1 is 0.875 bits per heavy atom. The van der Waals surface area contributed by atoms with Crippen molar-refractivity contribution in [2.75, 3.05) is 24.5 Å². The molecule has 8 nitrogen and oxygen atoms in total. The first-order valence-electron chi connectivity index (χ1n) is 13.1. The molecular formula is C30H30ClFN6O2. The van der Waals surface area contributed by atoms with Crippen molar-refractivity contribution in [1.82, 2.24) is 19.9 Å². The van der Waals surface area contributed by atoms with Gasteiger partial charge in [0.1, 0.15) is 17.5 Å². The first-order chi connectivity index (χ1) is 19.2. The SMILES string of the molecule is Cc1nc2cc(F)ccc2c(=O)[nH]1.Cc1nc2cc(N3CCC(CN)(c4ccc(Cl)cc4)CC3)ccc2c(=O)[nH]1. The van der Waals surface area contributed by atoms with Gasteiger partial charge in [0.25, 0.3) is 11.1 Å². The lowest BCUT2D eigenvalue weighted by Gasteiger charge is -2.42. The van der Waals surface area contributed by atoms with E-state index >= 15 is 0 Å². The Morgan fingerprint density at radius 3 is 2.00 bits per heavy atom. The number of aromatic nitrogens is 4. The third kappa shape index (κ3) is 5.61. The summed E-state index contributed by atoms with van der Waals surface area (Å²) in [7, 11) is 0. The van der Waals surface area contributed by atoms with Gasteiger partial charge in [0, 0.05) is 41.8 Å². The summed E-state index contributed by atoms with van der Waals surface area (Å²) < 4.78 is 12.7. The summed E-state index contributed by atoms with van der Waals surface area (Å²) in [6.07, 6.45) is 1.95. The zero-order chi connectivity index (χ0) is 28.4. The Bertz CT molecular complexity index is 1790. The fraction of sp³-hybridized carbons (Fsp3) is 0.267. The van der Waals surface area contributed by atoms with Gasteiger partial charge in [0.15, 0.2) is 0 Å². The van der Waals surface area contributed by atoms with Crippen LogP contribution in [0.15, 0.2) is 70.3 Å². The summed E-state index contributed by atoms with van der Waals surface area (Å²) in [6, 6.07) is 17.9. The first-order valence-corrected chi connectivity index (χ1v) is 13.4. The molecule has 0 spiro atoms. The number of rotatable bonds is 3. The van der Waals surface area contributed by atoms with Gasteiger partial charge in [-0.2, -0.15) is 0 Å². The number of anilines is 1. The second-order valence-electron chi connectivity index (χ2n) is 10.1. The van der Waals surface area contributed by atoms with Gasteiger partial charge < -0.3 is 20.6 Å². The highest BCUT2D eigenvalue weighted by atomic mass is 35.5. The van der Waals surface area contributed by atoms with Crippen molar-refractivity contribution >= 4 is 39.1 Å². The number of fused-ring (bicyclic) bond motifs is 2. The van der Waals surface area contributed by atoms with Gasteiger partial charge in [-0.25, -0.2) is 14.4 Å². The lowest BCUT2D eigenvalue weighted by Crippen LogP contribution is -2.46. The van der Waals surface area contributed by atoms with Gasteiger partial charge in [0.05, 0.1) is 21.8 Å². The van der Waals surface area contributed by atoms with Crippen molar-refractivity contribution in [3.05, 3.63) is 109 Å². The van der Waals surface area contributed by atoms with Gasteiger partial charge in [0.2, 0.25) is 0 Å². The van der Waals surface area contributed by atoms with E-state index in [1.165, 1.54) is 23.8 Å². The van der Waals surface area contributed by atoms with E-state index in [4.69, 9.17) is 17.3 Å². The zero-order valence-corrected chi connectivity index (χ0v) is 23.1. The number of nitrogens with zero attached hydrogens (tertiary/aromatic N) is 3. The minimum atomic E-state index is -0.384. The van der Waals surface area contributed by atoms with Gasteiger partial charge in [-0.05, 0) is 74.7 Å². The van der Waals surface area contributed by atoms with Gasteiger partial charge >= 0.3 is 0 Å². The van der Waals surface area contributed by atoms with E-state index in [2.05, 4.69) is 37.0 Å². The van der Waals surface area contributed by atoms with E-state index in [0.29, 0.717) is 34.5 Å². The second-order valence-corrected chi connectivity index (χ2v) is 10.6. The highest BCUT2D eigenvalue weighted by molar-refractivity contribution is 6.30. The molecule has 10 heteroatoms. The maximum Gasteiger partial charge on any atom is 0.258 e. The lowest BCUT2D eigenvalue weighted by molar-refractivity contribution is 0.340. The Balaban J connectivity index is 0.000000207. The van der Waals surface area contributed by atoms with Gasteiger partial charge in [-0.3, -0.25) is 9.59 Å². The largest absolute Gasteiger partial charge is 0.371 e. The average Bonchev–Trinajstić information content (AvgIpc) is 2.93. The number of aryl methyl sites for hydroxylation is 2. The summed E-state index contributed by atoms with van der Waals surface area (Å²) in [5.41, 5.74) is 9.35. The van der Waals surface area contributed by atoms with Crippen LogP contribution in [0.25, 0.3) is 21.8 Å². The van der Waals surface area contributed by atoms with E-state index in [1.807, 2.05) is 30.3 Å². The van der Waals surface area contributed by atoms with Crippen molar-refractivity contribution < 1.29 is 4.39 Å². The molecule has 2 aromatic heterocycles. The van der Waals surface area contributed by atoms with E-state index in [0.717, 1.165) is 42.2 Å². The topological polar surface area (TPSA) is 121 Å². The molecule has 3 aromatic carbocycles. The van der Waals surface area contributed by atoms with Crippen molar-refractivity contribution in [2.24, 2.45) is 5.73 Å². The summed E-state index contributed by atoms with van der Waals surface area (Å²) in [5.74, 6) is 0.737. The van der Waals surface area contributed by atoms with E-state index in [1.54, 1.807) is 13.8 Å². The molecular weight excluding hydrogens is 531 g/mol. The number of piperidine rings is 1. The van der Waals surface area contributed by atoms with E-state index in [9.17, 15) is 14.0 Å². The van der Waals surface area contributed by atoms with Crippen LogP contribution in [-0.2, 0) is 5.41 Å². The van der Waals surface area contributed by atoms with Crippen LogP contribution in [0.4, 0.5) is 10.1 Å². The van der Waals surface area contributed by atoms with Gasteiger partial charge in [-0.15, -0.1) is 0 Å². The van der Waals surface area contributed by atoms with Crippen LogP contribution in [0, 0.1) is 19.7 Å². The summed E-state index contributed by atoms with van der Waals surface area (Å²) in [5, 5.41) is 1.78. The Labute approximate surface area is 235 Å². The minimum absolute atomic E-state index is 0.01000. The van der Waals surface area contributed by atoms with Crippen molar-refractivity contribution in [3.63, 3.8) is 0 Å². The Kier molecular flexibility index (Phi) is 7.69. The molecule has 0 radical (unpaired) electrons. The number of halogens is 2. The van der Waals surface area contributed by atoms with Crippen LogP contribution >= 0.6 is 11.6 Å². The monoisotopic (exact) mass is 560 g/mol. The molecule has 0 bridgehead atoms. The summed E-state index contributed by atoms with van der Waals surface area (Å²) in [6.45, 7) is 5.90. The third-order valence-electron chi connectivity index (χ3n) is 7.53. The molecule has 5 aromatic rings. The maximum absolute atomic E-state index is 12.7. The molecule has 1 saturated heterocycles. The molecule has 1 fully saturated rings. The quantitative estimate of drug-likeness (QED) is 0.293. The molecule has 1 aliphatic rings. The molecule has 0 amide bonds. The molecule has 4 N–H and O–H groups in total. The number of H-pyrrole nitrogens is 2. The first kappa shape index (κ1) is 27.5. The molecule has 40 heavy (non-hydrogen) atoms. The van der Waals surface area contributed by atoms with Crippen LogP contribution in [0.3, 0.4) is 0 Å². The lowest BCUT2D eigenvalue weighted by atomic mass is 9.73. The van der Waals surface area contributed by atoms with Crippen molar-refractivity contribution in [3.8, 4) is 0 Å². The molecule has 6 rings (SSSR count). The molecule has 0 aliphatic carbocycles. The molecule has 206 valence electrons. The fourth-order valence-corrected chi connectivity index (χ4v) is 5.40. The number of hydrogen-bond acceptors (Lipinski definition) is 6. The standard InChI is InChI=1S/C21H23ClN4O.C9H7FN2O/c1-14-24-19-12-17(6-7-18(19)20(27)25-14)26-10-8-21(13-23,9-11-26)15-2-4-16(22)5-3-15;1-5-11-8-4-6(10)2-3-7(8)9(13)12-5/h2-7,12H,8-11,13,23H2,1H3,(H,24,25,27);2-4H,1H3,(H,11,12,13). The number of nitrogens with two attached hydrogens (primary N) is 1. The van der Waals surface area contributed by atoms with Crippen LogP contribution in [0.2, 0.25) is 5.02 Å². The second kappa shape index (κ2) is 11.2. The summed E-state index contributed by atoms with van der Waals surface area (Å²) in [4.78, 5) is 39.5. The van der Waals surface area contributed by atoms with Crippen LogP contribution < -0.4 is 21.8 Å². The predicted octanol–water partition coefficient (Wildman–Crippen LogP) is 4.75. The third-order valence-corrected chi connectivity index (χ3v) is 7.78. The van der Waals surface area contributed by atoms with Crippen LogP contribution in [0.5, 0.6) is 0 Å². The highest BCUT2D eigenvalue weighted by Crippen LogP contribution is 2.37. The molecule has 0 atom stereocenters. The predicted molar refractivity (Wildman–Crippen MR) is 158 cm³/mol. The molecule has 1 aliphatic heterocycles. The maximum atomic E-state index is 12.7. The summed E-state index contributed by atoms with van der Waals surface area (Å²) >= 11 is 6.04.